The number of nitrogens with zero attached hydrogens (tertiary/aromatic N) is 4. The number of benzene rings is 2. The minimum Gasteiger partial charge on any atom is -0.332 e. The van der Waals surface area contributed by atoms with E-state index in [1.165, 1.54) is 22.7 Å². The van der Waals surface area contributed by atoms with E-state index in [1.807, 2.05) is 13.0 Å². The number of hydrogen-bond acceptors (Lipinski definition) is 4. The summed E-state index contributed by atoms with van der Waals surface area (Å²) in [4.78, 5) is 7.10. The van der Waals surface area contributed by atoms with Crippen LogP contribution >= 0.6 is 0 Å². The fourth-order valence-electron chi connectivity index (χ4n) is 4.41. The van der Waals surface area contributed by atoms with Crippen molar-refractivity contribution in [3.05, 3.63) is 77.2 Å². The summed E-state index contributed by atoms with van der Waals surface area (Å²) in [7, 11) is 0. The van der Waals surface area contributed by atoms with Gasteiger partial charge in [0, 0.05) is 49.4 Å². The Balaban J connectivity index is 1.59. The molecule has 0 bridgehead atoms. The van der Waals surface area contributed by atoms with Crippen LogP contribution in [0.15, 0.2) is 48.7 Å². The smallest absolute Gasteiger partial charge is 0.129 e. The number of hydrogen-bond donors (Lipinski definition) is 2. The van der Waals surface area contributed by atoms with Gasteiger partial charge in [-0.1, -0.05) is 29.8 Å². The number of nitrogens with two attached hydrogens (primary N) is 1. The van der Waals surface area contributed by atoms with Crippen molar-refractivity contribution in [3.8, 4) is 11.3 Å². The van der Waals surface area contributed by atoms with Crippen LogP contribution < -0.4 is 5.84 Å². The minimum absolute atomic E-state index is 0.103. The first-order valence-electron chi connectivity index (χ1n) is 10.7. The van der Waals surface area contributed by atoms with Gasteiger partial charge in [-0.05, 0) is 31.5 Å². The highest BCUT2D eigenvalue weighted by Gasteiger charge is 2.31. The summed E-state index contributed by atoms with van der Waals surface area (Å²) in [5.74, 6) is 5.27. The Morgan fingerprint density at radius 2 is 2.03 bits per heavy atom. The molecule has 0 saturated heterocycles. The van der Waals surface area contributed by atoms with Crippen molar-refractivity contribution in [1.29, 1.82) is 5.41 Å². The lowest BCUT2D eigenvalue weighted by molar-refractivity contribution is 0.132. The van der Waals surface area contributed by atoms with Crippen molar-refractivity contribution in [1.82, 2.24) is 19.5 Å². The third-order valence-electron chi connectivity index (χ3n) is 6.24. The predicted molar refractivity (Wildman–Crippen MR) is 121 cm³/mol. The van der Waals surface area contributed by atoms with Gasteiger partial charge in [-0.2, -0.15) is 0 Å². The molecule has 3 N–H and O–H groups in total. The number of rotatable bonds is 7. The number of nitrogens with one attached hydrogen (secondary N) is 1. The average Bonchev–Trinajstić information content (AvgIpc) is 3.21. The van der Waals surface area contributed by atoms with E-state index in [4.69, 9.17) is 16.2 Å². The van der Waals surface area contributed by atoms with Gasteiger partial charge in [0.05, 0.1) is 18.6 Å². The van der Waals surface area contributed by atoms with Crippen LogP contribution in [-0.4, -0.2) is 44.9 Å². The third-order valence-corrected chi connectivity index (χ3v) is 6.24. The highest BCUT2D eigenvalue weighted by atomic mass is 19.1. The molecule has 168 valence electrons. The standard InChI is InChI=1S/C24H28F2N6/c1-16-4-3-5-18(10-16)23-13-31-9-8-30(14-24(31)29-23)17(2)21(12-32(28)15-27)20-7-6-19(25)11-22(20)26/h3-7,10-11,13,15,17,21,27H,8-9,12,14,28H2,1-2H3. The fourth-order valence-corrected chi connectivity index (χ4v) is 4.41. The molecule has 0 amide bonds. The van der Waals surface area contributed by atoms with Crippen molar-refractivity contribution in [3.63, 3.8) is 0 Å². The van der Waals surface area contributed by atoms with Crippen molar-refractivity contribution in [2.24, 2.45) is 5.84 Å². The van der Waals surface area contributed by atoms with Crippen molar-refractivity contribution >= 4 is 6.34 Å². The van der Waals surface area contributed by atoms with Crippen LogP contribution in [0.3, 0.4) is 0 Å². The van der Waals surface area contributed by atoms with Crippen LogP contribution in [0, 0.1) is 24.0 Å². The topological polar surface area (TPSA) is 74.2 Å². The van der Waals surface area contributed by atoms with Gasteiger partial charge in [0.15, 0.2) is 0 Å². The summed E-state index contributed by atoms with van der Waals surface area (Å²) in [5.41, 5.74) is 3.61. The molecular weight excluding hydrogens is 410 g/mol. The van der Waals surface area contributed by atoms with E-state index in [-0.39, 0.29) is 18.5 Å². The first-order valence-corrected chi connectivity index (χ1v) is 10.7. The Morgan fingerprint density at radius 3 is 2.75 bits per heavy atom. The lowest BCUT2D eigenvalue weighted by Crippen LogP contribution is -2.46. The quantitative estimate of drug-likeness (QED) is 0.254. The predicted octanol–water partition coefficient (Wildman–Crippen LogP) is 3.91. The Morgan fingerprint density at radius 1 is 1.22 bits per heavy atom. The summed E-state index contributed by atoms with van der Waals surface area (Å²) >= 11 is 0. The molecule has 32 heavy (non-hydrogen) atoms. The van der Waals surface area contributed by atoms with Gasteiger partial charge in [0.25, 0.3) is 0 Å². The maximum atomic E-state index is 14.7. The first-order chi connectivity index (χ1) is 15.4. The van der Waals surface area contributed by atoms with Gasteiger partial charge in [-0.15, -0.1) is 0 Å². The van der Waals surface area contributed by atoms with E-state index in [2.05, 4.69) is 40.8 Å². The normalized spacial score (nSPS) is 15.8. The van der Waals surface area contributed by atoms with Gasteiger partial charge in [-0.3, -0.25) is 10.3 Å². The molecule has 0 fully saturated rings. The first kappa shape index (κ1) is 22.1. The second-order valence-electron chi connectivity index (χ2n) is 8.41. The van der Waals surface area contributed by atoms with Crippen molar-refractivity contribution in [2.75, 3.05) is 13.1 Å². The Kier molecular flexibility index (Phi) is 6.34. The lowest BCUT2D eigenvalue weighted by Gasteiger charge is -2.38. The van der Waals surface area contributed by atoms with Gasteiger partial charge >= 0.3 is 0 Å². The van der Waals surface area contributed by atoms with E-state index in [9.17, 15) is 8.78 Å². The molecule has 2 atom stereocenters. The van der Waals surface area contributed by atoms with Gasteiger partial charge in [-0.25, -0.2) is 19.6 Å². The summed E-state index contributed by atoms with van der Waals surface area (Å²) in [6.45, 7) is 6.48. The number of halogens is 2. The molecule has 1 aliphatic rings. The minimum atomic E-state index is -0.613. The van der Waals surface area contributed by atoms with Gasteiger partial charge in [0.2, 0.25) is 0 Å². The molecule has 2 heterocycles. The molecule has 8 heteroatoms. The Labute approximate surface area is 186 Å². The largest absolute Gasteiger partial charge is 0.332 e. The lowest BCUT2D eigenvalue weighted by atomic mass is 9.90. The van der Waals surface area contributed by atoms with Crippen LogP contribution in [0.4, 0.5) is 8.78 Å². The summed E-state index contributed by atoms with van der Waals surface area (Å²) < 4.78 is 30.3. The number of aromatic nitrogens is 2. The molecule has 0 aliphatic carbocycles. The van der Waals surface area contributed by atoms with Crippen LogP contribution in [0.1, 0.15) is 29.8 Å². The molecule has 3 aromatic rings. The molecule has 0 spiro atoms. The summed E-state index contributed by atoms with van der Waals surface area (Å²) in [6, 6.07) is 11.8. The number of fused-ring (bicyclic) bond motifs is 1. The number of hydrazine groups is 1. The Hall–Kier alpha value is -3.10. The summed E-state index contributed by atoms with van der Waals surface area (Å²) in [5, 5.41) is 8.66. The highest BCUT2D eigenvalue weighted by Crippen LogP contribution is 2.30. The van der Waals surface area contributed by atoms with E-state index in [1.54, 1.807) is 0 Å². The van der Waals surface area contributed by atoms with E-state index in [0.717, 1.165) is 42.6 Å². The maximum Gasteiger partial charge on any atom is 0.129 e. The SMILES string of the molecule is Cc1cccc(-c2cn3c(n2)CN(C(C)C(CN(N)C=N)c2ccc(F)cc2F)CC3)c1. The van der Waals surface area contributed by atoms with E-state index >= 15 is 0 Å². The molecule has 6 nitrogen and oxygen atoms in total. The van der Waals surface area contributed by atoms with Gasteiger partial charge < -0.3 is 9.58 Å². The van der Waals surface area contributed by atoms with Crippen LogP contribution in [0.25, 0.3) is 11.3 Å². The van der Waals surface area contributed by atoms with E-state index in [0.29, 0.717) is 12.1 Å². The maximum absolute atomic E-state index is 14.7. The molecule has 1 aliphatic heterocycles. The van der Waals surface area contributed by atoms with Crippen molar-refractivity contribution in [2.45, 2.75) is 38.9 Å². The molecule has 1 aromatic heterocycles. The molecule has 0 saturated carbocycles. The zero-order chi connectivity index (χ0) is 22.8. The number of imidazole rings is 1. The third kappa shape index (κ3) is 4.56. The molecule has 4 rings (SSSR count). The molecular formula is C24H28F2N6. The molecule has 0 radical (unpaired) electrons. The highest BCUT2D eigenvalue weighted by molar-refractivity contribution is 5.59. The van der Waals surface area contributed by atoms with Crippen LogP contribution in [0.5, 0.6) is 0 Å². The molecule has 2 unspecified atom stereocenters. The Bertz CT molecular complexity index is 1110. The average molecular weight is 439 g/mol. The van der Waals surface area contributed by atoms with Crippen LogP contribution in [-0.2, 0) is 13.1 Å². The van der Waals surface area contributed by atoms with Gasteiger partial charge in [0.1, 0.15) is 17.5 Å². The zero-order valence-electron chi connectivity index (χ0n) is 18.3. The van der Waals surface area contributed by atoms with Crippen molar-refractivity contribution < 1.29 is 8.78 Å². The summed E-state index contributed by atoms with van der Waals surface area (Å²) in [6.07, 6.45) is 3.10. The van der Waals surface area contributed by atoms with E-state index < -0.39 is 11.6 Å². The second kappa shape index (κ2) is 9.18. The van der Waals surface area contributed by atoms with Crippen LogP contribution in [0.2, 0.25) is 0 Å². The number of aryl methyl sites for hydroxylation is 1. The monoisotopic (exact) mass is 438 g/mol. The molecule has 2 aromatic carbocycles. The fraction of sp³-hybridized carbons (Fsp3) is 0.333. The zero-order valence-corrected chi connectivity index (χ0v) is 18.3. The second-order valence-corrected chi connectivity index (χ2v) is 8.41.